The standard InChI is InChI=1S/C19H32N2O2/c1-3-15-5-4-6-21(15)17(22)12-20-18-7-13(2)8-19(23)10-14(9-18)16(19)11-18/h13-16,20,23H,3-12H2,1-2H3. The minimum absolute atomic E-state index is 0.104. The molecule has 4 heteroatoms. The Balaban J connectivity index is 1.41. The average molecular weight is 320 g/mol. The molecule has 0 spiro atoms. The second-order valence-corrected chi connectivity index (χ2v) is 9.02. The fourth-order valence-corrected chi connectivity index (χ4v) is 6.52. The molecular weight excluding hydrogens is 288 g/mol. The van der Waals surface area contributed by atoms with Gasteiger partial charge in [-0.25, -0.2) is 0 Å². The van der Waals surface area contributed by atoms with Gasteiger partial charge in [-0.3, -0.25) is 4.79 Å². The zero-order valence-electron chi connectivity index (χ0n) is 14.7. The van der Waals surface area contributed by atoms with Gasteiger partial charge in [0.1, 0.15) is 0 Å². The molecule has 6 atom stereocenters. The van der Waals surface area contributed by atoms with Gasteiger partial charge in [-0.1, -0.05) is 13.8 Å². The van der Waals surface area contributed by atoms with Gasteiger partial charge in [0.2, 0.25) is 5.91 Å². The van der Waals surface area contributed by atoms with Gasteiger partial charge >= 0.3 is 0 Å². The number of nitrogens with zero attached hydrogens (tertiary/aromatic N) is 1. The van der Waals surface area contributed by atoms with E-state index in [-0.39, 0.29) is 11.4 Å². The molecule has 1 amide bonds. The summed E-state index contributed by atoms with van der Waals surface area (Å²) in [5.74, 6) is 2.00. The summed E-state index contributed by atoms with van der Waals surface area (Å²) in [6, 6.07) is 0.458. The zero-order valence-corrected chi connectivity index (χ0v) is 14.7. The average Bonchev–Trinajstić information content (AvgIpc) is 3.05. The Morgan fingerprint density at radius 2 is 2.09 bits per heavy atom. The number of nitrogens with one attached hydrogen (secondary N) is 1. The molecule has 3 aliphatic carbocycles. The van der Waals surface area contributed by atoms with Gasteiger partial charge in [0.15, 0.2) is 0 Å². The van der Waals surface area contributed by atoms with Crippen molar-refractivity contribution in [3.63, 3.8) is 0 Å². The van der Waals surface area contributed by atoms with E-state index >= 15 is 0 Å². The highest BCUT2D eigenvalue weighted by Gasteiger charge is 2.63. The lowest BCUT2D eigenvalue weighted by Crippen LogP contribution is -2.53. The lowest BCUT2D eigenvalue weighted by Gasteiger charge is -2.50. The fraction of sp³-hybridized carbons (Fsp3) is 0.947. The van der Waals surface area contributed by atoms with Crippen molar-refractivity contribution >= 4 is 5.91 Å². The van der Waals surface area contributed by atoms with E-state index in [0.29, 0.717) is 30.3 Å². The molecule has 4 nitrogen and oxygen atoms in total. The summed E-state index contributed by atoms with van der Waals surface area (Å²) in [4.78, 5) is 14.8. The predicted molar refractivity (Wildman–Crippen MR) is 89.9 cm³/mol. The molecule has 1 aliphatic heterocycles. The van der Waals surface area contributed by atoms with Crippen LogP contribution in [0.3, 0.4) is 0 Å². The summed E-state index contributed by atoms with van der Waals surface area (Å²) in [5, 5.41) is 14.5. The van der Waals surface area contributed by atoms with E-state index in [4.69, 9.17) is 0 Å². The molecule has 6 unspecified atom stereocenters. The number of carbonyl (C=O) groups is 1. The number of amides is 1. The second-order valence-electron chi connectivity index (χ2n) is 9.02. The SMILES string of the molecule is CCC1CCCN1C(=O)CNC12CC(C)CC3(O)CC(C1)C3C2. The van der Waals surface area contributed by atoms with Crippen LogP contribution in [0.15, 0.2) is 0 Å². The van der Waals surface area contributed by atoms with E-state index in [1.807, 2.05) is 0 Å². The molecule has 1 heterocycles. The molecule has 1 saturated heterocycles. The van der Waals surface area contributed by atoms with Crippen LogP contribution in [0.25, 0.3) is 0 Å². The van der Waals surface area contributed by atoms with Crippen molar-refractivity contribution < 1.29 is 9.90 Å². The summed E-state index contributed by atoms with van der Waals surface area (Å²) in [6.45, 7) is 5.88. The van der Waals surface area contributed by atoms with Crippen LogP contribution >= 0.6 is 0 Å². The Morgan fingerprint density at radius 3 is 2.87 bits per heavy atom. The Labute approximate surface area is 140 Å². The van der Waals surface area contributed by atoms with Gasteiger partial charge in [-0.15, -0.1) is 0 Å². The Hall–Kier alpha value is -0.610. The van der Waals surface area contributed by atoms with Crippen molar-refractivity contribution in [1.82, 2.24) is 10.2 Å². The maximum atomic E-state index is 12.7. The highest BCUT2D eigenvalue weighted by atomic mass is 16.3. The van der Waals surface area contributed by atoms with Crippen molar-refractivity contribution in [3.8, 4) is 0 Å². The highest BCUT2D eigenvalue weighted by Crippen LogP contribution is 2.62. The van der Waals surface area contributed by atoms with E-state index < -0.39 is 5.60 Å². The monoisotopic (exact) mass is 320 g/mol. The largest absolute Gasteiger partial charge is 0.390 e. The van der Waals surface area contributed by atoms with Crippen LogP contribution in [0.5, 0.6) is 0 Å². The number of carbonyl (C=O) groups excluding carboxylic acids is 1. The van der Waals surface area contributed by atoms with Crippen molar-refractivity contribution in [3.05, 3.63) is 0 Å². The molecule has 0 aromatic rings. The molecule has 4 fully saturated rings. The molecule has 4 rings (SSSR count). The summed E-state index contributed by atoms with van der Waals surface area (Å²) < 4.78 is 0. The van der Waals surface area contributed by atoms with Crippen LogP contribution in [0.4, 0.5) is 0 Å². The van der Waals surface area contributed by atoms with Crippen molar-refractivity contribution in [2.24, 2.45) is 17.8 Å². The van der Waals surface area contributed by atoms with Gasteiger partial charge in [0.05, 0.1) is 12.1 Å². The first kappa shape index (κ1) is 15.9. The molecule has 2 bridgehead atoms. The molecule has 4 aliphatic rings. The first-order valence-electron chi connectivity index (χ1n) is 9.71. The van der Waals surface area contributed by atoms with E-state index in [1.54, 1.807) is 0 Å². The smallest absolute Gasteiger partial charge is 0.236 e. The third-order valence-corrected chi connectivity index (χ3v) is 7.36. The molecule has 23 heavy (non-hydrogen) atoms. The maximum absolute atomic E-state index is 12.7. The molecule has 0 aromatic carbocycles. The second kappa shape index (κ2) is 5.45. The summed E-state index contributed by atoms with van der Waals surface area (Å²) in [5.41, 5.74) is -0.289. The van der Waals surface area contributed by atoms with Crippen LogP contribution in [-0.2, 0) is 4.79 Å². The highest BCUT2D eigenvalue weighted by molar-refractivity contribution is 5.79. The number of aliphatic hydroxyl groups is 1. The Morgan fingerprint density at radius 1 is 1.26 bits per heavy atom. The van der Waals surface area contributed by atoms with Gasteiger partial charge < -0.3 is 15.3 Å². The normalized spacial score (nSPS) is 48.2. The predicted octanol–water partition coefficient (Wildman–Crippen LogP) is 2.31. The third-order valence-electron chi connectivity index (χ3n) is 7.36. The van der Waals surface area contributed by atoms with Crippen LogP contribution in [-0.4, -0.2) is 46.2 Å². The van der Waals surface area contributed by atoms with E-state index in [0.717, 1.165) is 51.5 Å². The molecule has 0 radical (unpaired) electrons. The summed E-state index contributed by atoms with van der Waals surface area (Å²) >= 11 is 0. The van der Waals surface area contributed by atoms with E-state index in [1.165, 1.54) is 6.42 Å². The molecular formula is C19H32N2O2. The first-order valence-corrected chi connectivity index (χ1v) is 9.71. The minimum atomic E-state index is -0.393. The lowest BCUT2D eigenvalue weighted by atomic mass is 9.60. The number of rotatable bonds is 4. The lowest BCUT2D eigenvalue weighted by molar-refractivity contribution is -0.137. The summed E-state index contributed by atoms with van der Waals surface area (Å²) in [6.07, 6.45) is 8.69. The number of hydrogen-bond donors (Lipinski definition) is 2. The number of likely N-dealkylation sites (tertiary alicyclic amines) is 1. The van der Waals surface area contributed by atoms with Crippen LogP contribution < -0.4 is 5.32 Å². The van der Waals surface area contributed by atoms with Crippen LogP contribution in [0.1, 0.15) is 65.2 Å². The third kappa shape index (κ3) is 2.53. The van der Waals surface area contributed by atoms with Gasteiger partial charge in [-0.05, 0) is 69.1 Å². The summed E-state index contributed by atoms with van der Waals surface area (Å²) in [7, 11) is 0. The number of fused-ring (bicyclic) bond motifs is 1. The van der Waals surface area contributed by atoms with Crippen molar-refractivity contribution in [1.29, 1.82) is 0 Å². The fourth-order valence-electron chi connectivity index (χ4n) is 6.52. The minimum Gasteiger partial charge on any atom is -0.390 e. The van der Waals surface area contributed by atoms with Crippen LogP contribution in [0, 0.1) is 17.8 Å². The quantitative estimate of drug-likeness (QED) is 0.836. The van der Waals surface area contributed by atoms with Gasteiger partial charge in [-0.2, -0.15) is 0 Å². The first-order chi connectivity index (χ1) is 10.9. The van der Waals surface area contributed by atoms with Crippen LogP contribution in [0.2, 0.25) is 0 Å². The Kier molecular flexibility index (Phi) is 3.77. The molecule has 130 valence electrons. The molecule has 3 saturated carbocycles. The number of hydrogen-bond acceptors (Lipinski definition) is 3. The van der Waals surface area contributed by atoms with E-state index in [9.17, 15) is 9.90 Å². The van der Waals surface area contributed by atoms with Crippen molar-refractivity contribution in [2.45, 2.75) is 82.4 Å². The maximum Gasteiger partial charge on any atom is 0.236 e. The molecule has 2 N–H and O–H groups in total. The zero-order chi connectivity index (χ0) is 16.2. The Bertz CT molecular complexity index is 496. The molecule has 0 aromatic heterocycles. The van der Waals surface area contributed by atoms with Crippen molar-refractivity contribution in [2.75, 3.05) is 13.1 Å². The van der Waals surface area contributed by atoms with Gasteiger partial charge in [0.25, 0.3) is 0 Å². The van der Waals surface area contributed by atoms with Gasteiger partial charge in [0, 0.05) is 18.1 Å². The topological polar surface area (TPSA) is 52.6 Å². The van der Waals surface area contributed by atoms with E-state index in [2.05, 4.69) is 24.1 Å².